The summed E-state index contributed by atoms with van der Waals surface area (Å²) in [6.45, 7) is 0.512. The van der Waals surface area contributed by atoms with Crippen molar-refractivity contribution in [2.75, 3.05) is 19.2 Å². The molecule has 0 fully saturated rings. The molecule has 1 aliphatic rings. The molecule has 32 heavy (non-hydrogen) atoms. The zero-order valence-corrected chi connectivity index (χ0v) is 17.5. The minimum Gasteiger partial charge on any atom is -0.497 e. The predicted molar refractivity (Wildman–Crippen MR) is 121 cm³/mol. The summed E-state index contributed by atoms with van der Waals surface area (Å²) in [6, 6.07) is 19.7. The summed E-state index contributed by atoms with van der Waals surface area (Å²) >= 11 is 0. The highest BCUT2D eigenvalue weighted by atomic mass is 16.7. The quantitative estimate of drug-likeness (QED) is 0.554. The van der Waals surface area contributed by atoms with Crippen molar-refractivity contribution in [3.05, 3.63) is 89.5 Å². The molecule has 0 aromatic heterocycles. The molecule has 7 nitrogen and oxygen atoms in total. The molecule has 3 aromatic carbocycles. The summed E-state index contributed by atoms with van der Waals surface area (Å²) in [5, 5.41) is 5.64. The number of ether oxygens (including phenoxy) is 3. The Labute approximate surface area is 185 Å². The van der Waals surface area contributed by atoms with Gasteiger partial charge in [0, 0.05) is 12.6 Å². The number of carbonyl (C=O) groups is 2. The van der Waals surface area contributed by atoms with Crippen molar-refractivity contribution in [1.29, 1.82) is 0 Å². The van der Waals surface area contributed by atoms with Crippen molar-refractivity contribution in [3.63, 3.8) is 0 Å². The normalized spacial score (nSPS) is 11.9. The monoisotopic (exact) mass is 430 g/mol. The van der Waals surface area contributed by atoms with Crippen LogP contribution in [0.1, 0.15) is 21.5 Å². The second-order valence-electron chi connectivity index (χ2n) is 7.02. The minimum absolute atomic E-state index is 0.199. The first-order valence-electron chi connectivity index (χ1n) is 10.0. The van der Waals surface area contributed by atoms with Crippen LogP contribution >= 0.6 is 0 Å². The standard InChI is InChI=1S/C25H22N2O5/c1-30-19-6-4-5-17(13-19)10-12-24(28)27-21-8-3-2-7-20(21)25(29)26-15-18-9-11-22-23(14-18)32-16-31-22/h2-14H,15-16H2,1H3,(H,26,29)(H,27,28). The molecule has 7 heteroatoms. The number of anilines is 1. The molecular weight excluding hydrogens is 408 g/mol. The number of nitrogens with one attached hydrogen (secondary N) is 2. The van der Waals surface area contributed by atoms with Gasteiger partial charge in [-0.2, -0.15) is 0 Å². The zero-order chi connectivity index (χ0) is 22.3. The summed E-state index contributed by atoms with van der Waals surface area (Å²) in [5.74, 6) is 1.42. The number of carbonyl (C=O) groups excluding carboxylic acids is 2. The number of hydrogen-bond acceptors (Lipinski definition) is 5. The third-order valence-corrected chi connectivity index (χ3v) is 4.84. The van der Waals surface area contributed by atoms with E-state index in [9.17, 15) is 9.59 Å². The average molecular weight is 430 g/mol. The van der Waals surface area contributed by atoms with Crippen molar-refractivity contribution in [2.24, 2.45) is 0 Å². The van der Waals surface area contributed by atoms with Crippen LogP contribution in [0.15, 0.2) is 72.8 Å². The van der Waals surface area contributed by atoms with Gasteiger partial charge in [0.2, 0.25) is 12.7 Å². The van der Waals surface area contributed by atoms with Gasteiger partial charge in [-0.25, -0.2) is 0 Å². The molecule has 4 rings (SSSR count). The molecule has 0 saturated heterocycles. The number of rotatable bonds is 7. The Kier molecular flexibility index (Phi) is 6.36. The lowest BCUT2D eigenvalue weighted by Gasteiger charge is -2.11. The van der Waals surface area contributed by atoms with Crippen molar-refractivity contribution in [2.45, 2.75) is 6.54 Å². The maximum atomic E-state index is 12.8. The van der Waals surface area contributed by atoms with Crippen LogP contribution < -0.4 is 24.8 Å². The molecule has 1 aliphatic heterocycles. The summed E-state index contributed by atoms with van der Waals surface area (Å²) in [7, 11) is 1.59. The highest BCUT2D eigenvalue weighted by Gasteiger charge is 2.15. The fourth-order valence-electron chi connectivity index (χ4n) is 3.21. The number of hydrogen-bond donors (Lipinski definition) is 2. The van der Waals surface area contributed by atoms with Crippen LogP contribution in [0.4, 0.5) is 5.69 Å². The van der Waals surface area contributed by atoms with E-state index < -0.39 is 0 Å². The van der Waals surface area contributed by atoms with Gasteiger partial charge in [-0.05, 0) is 53.6 Å². The molecular formula is C25H22N2O5. The van der Waals surface area contributed by atoms with E-state index >= 15 is 0 Å². The smallest absolute Gasteiger partial charge is 0.253 e. The van der Waals surface area contributed by atoms with Crippen molar-refractivity contribution >= 4 is 23.6 Å². The Morgan fingerprint density at radius 2 is 1.84 bits per heavy atom. The van der Waals surface area contributed by atoms with Crippen LogP contribution in [0.5, 0.6) is 17.2 Å². The lowest BCUT2D eigenvalue weighted by atomic mass is 10.1. The van der Waals surface area contributed by atoms with E-state index in [4.69, 9.17) is 14.2 Å². The second-order valence-corrected chi connectivity index (χ2v) is 7.02. The molecule has 0 saturated carbocycles. The molecule has 0 aliphatic carbocycles. The van der Waals surface area contributed by atoms with E-state index in [-0.39, 0.29) is 18.6 Å². The van der Waals surface area contributed by atoms with E-state index in [0.29, 0.717) is 35.0 Å². The van der Waals surface area contributed by atoms with E-state index in [1.165, 1.54) is 6.08 Å². The molecule has 0 atom stereocenters. The van der Waals surface area contributed by atoms with Crippen LogP contribution in [0.2, 0.25) is 0 Å². The number of fused-ring (bicyclic) bond motifs is 1. The Bertz CT molecular complexity index is 1170. The highest BCUT2D eigenvalue weighted by molar-refractivity contribution is 6.07. The molecule has 0 spiro atoms. The molecule has 3 aromatic rings. The third-order valence-electron chi connectivity index (χ3n) is 4.84. The molecule has 0 unspecified atom stereocenters. The summed E-state index contributed by atoms with van der Waals surface area (Å²) in [4.78, 5) is 25.2. The predicted octanol–water partition coefficient (Wildman–Crippen LogP) is 4.01. The first kappa shape index (κ1) is 21.0. The Hall–Kier alpha value is -4.26. The second kappa shape index (κ2) is 9.70. The van der Waals surface area contributed by atoms with Crippen molar-refractivity contribution < 1.29 is 23.8 Å². The molecule has 2 amide bonds. The molecule has 1 heterocycles. The van der Waals surface area contributed by atoms with E-state index in [0.717, 1.165) is 11.1 Å². The zero-order valence-electron chi connectivity index (χ0n) is 17.5. The van der Waals surface area contributed by atoms with E-state index in [1.807, 2.05) is 42.5 Å². The maximum Gasteiger partial charge on any atom is 0.253 e. The van der Waals surface area contributed by atoms with Gasteiger partial charge < -0.3 is 24.8 Å². The number of para-hydroxylation sites is 1. The van der Waals surface area contributed by atoms with Crippen LogP contribution in [0, 0.1) is 0 Å². The van der Waals surface area contributed by atoms with Crippen LogP contribution in [0.3, 0.4) is 0 Å². The minimum atomic E-state index is -0.344. The van der Waals surface area contributed by atoms with Gasteiger partial charge in [-0.3, -0.25) is 9.59 Å². The highest BCUT2D eigenvalue weighted by Crippen LogP contribution is 2.32. The molecule has 2 N–H and O–H groups in total. The van der Waals surface area contributed by atoms with Crippen LogP contribution in [-0.2, 0) is 11.3 Å². The lowest BCUT2D eigenvalue weighted by Crippen LogP contribution is -2.24. The van der Waals surface area contributed by atoms with Gasteiger partial charge in [0.1, 0.15) is 5.75 Å². The fraction of sp³-hybridized carbons (Fsp3) is 0.120. The van der Waals surface area contributed by atoms with Gasteiger partial charge in [0.05, 0.1) is 18.4 Å². The van der Waals surface area contributed by atoms with Gasteiger partial charge in [0.25, 0.3) is 5.91 Å². The number of methoxy groups -OCH3 is 1. The third kappa shape index (κ3) is 5.07. The van der Waals surface area contributed by atoms with Gasteiger partial charge in [-0.15, -0.1) is 0 Å². The first-order chi connectivity index (χ1) is 15.6. The summed E-state index contributed by atoms with van der Waals surface area (Å²) < 4.78 is 15.8. The van der Waals surface area contributed by atoms with Crippen molar-refractivity contribution in [3.8, 4) is 17.2 Å². The maximum absolute atomic E-state index is 12.8. The molecule has 0 bridgehead atoms. The molecule has 0 radical (unpaired) electrons. The Morgan fingerprint density at radius 3 is 2.72 bits per heavy atom. The summed E-state index contributed by atoms with van der Waals surface area (Å²) in [6.07, 6.45) is 3.09. The average Bonchev–Trinajstić information content (AvgIpc) is 3.30. The van der Waals surface area contributed by atoms with Gasteiger partial charge in [0.15, 0.2) is 11.5 Å². The molecule has 162 valence electrons. The number of amides is 2. The van der Waals surface area contributed by atoms with Crippen LogP contribution in [-0.4, -0.2) is 25.7 Å². The topological polar surface area (TPSA) is 85.9 Å². The largest absolute Gasteiger partial charge is 0.497 e. The van der Waals surface area contributed by atoms with Crippen molar-refractivity contribution in [1.82, 2.24) is 5.32 Å². The van der Waals surface area contributed by atoms with Crippen LogP contribution in [0.25, 0.3) is 6.08 Å². The fourth-order valence-corrected chi connectivity index (χ4v) is 3.21. The number of benzene rings is 3. The first-order valence-corrected chi connectivity index (χ1v) is 10.0. The SMILES string of the molecule is COc1cccc(C=CC(=O)Nc2ccccc2C(=O)NCc2ccc3c(c2)OCO3)c1. The van der Waals surface area contributed by atoms with Gasteiger partial charge in [-0.1, -0.05) is 30.3 Å². The van der Waals surface area contributed by atoms with Gasteiger partial charge >= 0.3 is 0 Å². The van der Waals surface area contributed by atoms with E-state index in [1.54, 1.807) is 37.5 Å². The Morgan fingerprint density at radius 1 is 1.00 bits per heavy atom. The summed E-state index contributed by atoms with van der Waals surface area (Å²) in [5.41, 5.74) is 2.51. The Balaban J connectivity index is 1.39. The van der Waals surface area contributed by atoms with E-state index in [2.05, 4.69) is 10.6 Å². The lowest BCUT2D eigenvalue weighted by molar-refractivity contribution is -0.111.